The fourth-order valence-corrected chi connectivity index (χ4v) is 2.69. The van der Waals surface area contributed by atoms with Gasteiger partial charge in [0, 0.05) is 27.2 Å². The van der Waals surface area contributed by atoms with Crippen LogP contribution in [0.4, 0.5) is 0 Å². The van der Waals surface area contributed by atoms with Gasteiger partial charge in [0.2, 0.25) is 0 Å². The van der Waals surface area contributed by atoms with Crippen LogP contribution in [-0.2, 0) is 22.7 Å². The molecule has 0 unspecified atom stereocenters. The molecule has 0 aliphatic carbocycles. The number of rotatable bonds is 10. The van der Waals surface area contributed by atoms with Crippen LogP contribution in [0.1, 0.15) is 31.3 Å². The van der Waals surface area contributed by atoms with E-state index in [9.17, 15) is 4.79 Å². The Morgan fingerprint density at radius 3 is 2.77 bits per heavy atom. The minimum Gasteiger partial charge on any atom is -0.478 e. The Morgan fingerprint density at radius 2 is 2.18 bits per heavy atom. The van der Waals surface area contributed by atoms with Gasteiger partial charge in [-0.2, -0.15) is 0 Å². The van der Waals surface area contributed by atoms with Gasteiger partial charge in [-0.15, -0.1) is 0 Å². The molecule has 1 aromatic rings. The zero-order valence-corrected chi connectivity index (χ0v) is 15.1. The first-order valence-electron chi connectivity index (χ1n) is 7.86. The number of nitrogens with zero attached hydrogens (tertiary/aromatic N) is 2. The molecule has 0 aromatic carbocycles. The lowest BCUT2D eigenvalue weighted by Gasteiger charge is -2.16. The summed E-state index contributed by atoms with van der Waals surface area (Å²) in [4.78, 5) is 15.1. The van der Waals surface area contributed by atoms with Gasteiger partial charge in [-0.25, -0.2) is 9.78 Å². The van der Waals surface area contributed by atoms with Gasteiger partial charge in [0.1, 0.15) is 12.6 Å². The number of aromatic nitrogens is 2. The largest absolute Gasteiger partial charge is 0.478 e. The monoisotopic (exact) mass is 324 g/mol. The topological polar surface area (TPSA) is 64.3 Å². The van der Waals surface area contributed by atoms with Crippen molar-refractivity contribution in [3.05, 3.63) is 23.8 Å². The molecule has 1 N–H and O–H groups in total. The Kier molecular flexibility index (Phi) is 7.54. The van der Waals surface area contributed by atoms with Gasteiger partial charge < -0.3 is 14.4 Å². The number of ether oxygens (including phenoxy) is 1. The molecule has 0 aliphatic rings. The molecule has 0 aliphatic heterocycles. The first-order valence-corrected chi connectivity index (χ1v) is 11.6. The van der Waals surface area contributed by atoms with E-state index in [-0.39, 0.29) is 0 Å². The quantitative estimate of drug-likeness (QED) is 0.405. The highest BCUT2D eigenvalue weighted by Crippen LogP contribution is 2.13. The molecule has 0 radical (unpaired) electrons. The summed E-state index contributed by atoms with van der Waals surface area (Å²) in [7, 11) is -1.10. The van der Waals surface area contributed by atoms with Gasteiger partial charge in [0.15, 0.2) is 0 Å². The van der Waals surface area contributed by atoms with Crippen molar-refractivity contribution in [1.29, 1.82) is 0 Å². The van der Waals surface area contributed by atoms with E-state index in [1.807, 2.05) is 4.57 Å². The number of carboxylic acids is 1. The average Bonchev–Trinajstić information content (AvgIpc) is 2.80. The lowest BCUT2D eigenvalue weighted by molar-refractivity contribution is -0.131. The summed E-state index contributed by atoms with van der Waals surface area (Å²) < 4.78 is 7.77. The van der Waals surface area contributed by atoms with Crippen molar-refractivity contribution < 1.29 is 14.6 Å². The highest BCUT2D eigenvalue weighted by atomic mass is 28.3. The Labute approximate surface area is 134 Å². The van der Waals surface area contributed by atoms with Crippen LogP contribution in [0.25, 0.3) is 6.08 Å². The Balaban J connectivity index is 2.73. The van der Waals surface area contributed by atoms with Crippen LogP contribution in [0.5, 0.6) is 0 Å². The summed E-state index contributed by atoms with van der Waals surface area (Å²) in [6, 6.07) is 1.12. The SMILES string of the molecule is CCCCc1ncc(/C=C/C(=O)O)n1COCC[Si](C)(C)C. The summed E-state index contributed by atoms with van der Waals surface area (Å²) in [5.41, 5.74) is 0.779. The van der Waals surface area contributed by atoms with Crippen LogP contribution in [-0.4, -0.2) is 35.3 Å². The molecular weight excluding hydrogens is 296 g/mol. The van der Waals surface area contributed by atoms with Crippen molar-refractivity contribution in [3.8, 4) is 0 Å². The molecule has 6 heteroatoms. The van der Waals surface area contributed by atoms with Gasteiger partial charge in [-0.3, -0.25) is 0 Å². The van der Waals surface area contributed by atoms with E-state index in [0.29, 0.717) is 6.73 Å². The number of aliphatic carboxylic acids is 1. The van der Waals surface area contributed by atoms with Gasteiger partial charge >= 0.3 is 5.97 Å². The normalized spacial score (nSPS) is 12.2. The number of carboxylic acid groups (broad SMARTS) is 1. The van der Waals surface area contributed by atoms with E-state index in [1.54, 1.807) is 12.3 Å². The molecule has 0 fully saturated rings. The number of hydrogen-bond acceptors (Lipinski definition) is 3. The van der Waals surface area contributed by atoms with Crippen molar-refractivity contribution in [2.45, 2.75) is 58.6 Å². The third-order valence-electron chi connectivity index (χ3n) is 3.34. The first-order chi connectivity index (χ1) is 10.3. The number of aryl methyl sites for hydroxylation is 1. The zero-order valence-electron chi connectivity index (χ0n) is 14.1. The first kappa shape index (κ1) is 18.6. The average molecular weight is 324 g/mol. The number of carbonyl (C=O) groups is 1. The van der Waals surface area contributed by atoms with E-state index in [1.165, 1.54) is 0 Å². The smallest absolute Gasteiger partial charge is 0.328 e. The van der Waals surface area contributed by atoms with Gasteiger partial charge in [-0.1, -0.05) is 33.0 Å². The molecule has 0 saturated heterocycles. The van der Waals surface area contributed by atoms with Crippen LogP contribution < -0.4 is 0 Å². The molecule has 0 amide bonds. The molecule has 1 heterocycles. The molecular formula is C16H28N2O3Si. The highest BCUT2D eigenvalue weighted by molar-refractivity contribution is 6.76. The molecule has 1 rings (SSSR count). The van der Waals surface area contributed by atoms with E-state index in [0.717, 1.165) is 49.5 Å². The minimum absolute atomic E-state index is 0.433. The number of imidazole rings is 1. The third kappa shape index (κ3) is 7.04. The molecule has 0 atom stereocenters. The second kappa shape index (κ2) is 8.90. The van der Waals surface area contributed by atoms with E-state index < -0.39 is 14.0 Å². The van der Waals surface area contributed by atoms with E-state index in [4.69, 9.17) is 9.84 Å². The molecule has 22 heavy (non-hydrogen) atoms. The van der Waals surface area contributed by atoms with Crippen LogP contribution >= 0.6 is 0 Å². The summed E-state index contributed by atoms with van der Waals surface area (Å²) in [5.74, 6) is 0.00222. The molecule has 5 nitrogen and oxygen atoms in total. The fourth-order valence-electron chi connectivity index (χ4n) is 1.94. The molecule has 0 saturated carbocycles. The second-order valence-electron chi connectivity index (χ2n) is 6.65. The third-order valence-corrected chi connectivity index (χ3v) is 5.04. The van der Waals surface area contributed by atoms with Crippen molar-refractivity contribution in [2.24, 2.45) is 0 Å². The summed E-state index contributed by atoms with van der Waals surface area (Å²) in [6.07, 6.45) is 7.48. The molecule has 0 bridgehead atoms. The molecule has 1 aromatic heterocycles. The van der Waals surface area contributed by atoms with Crippen LogP contribution in [0, 0.1) is 0 Å². The standard InChI is InChI=1S/C16H28N2O3Si/c1-5-6-7-15-17-12-14(8-9-16(19)20)18(15)13-21-10-11-22(2,3)4/h8-9,12H,5-7,10-11,13H2,1-4H3,(H,19,20)/b9-8+. The Bertz CT molecular complexity index is 504. The lowest BCUT2D eigenvalue weighted by atomic mass is 10.2. The van der Waals surface area contributed by atoms with Gasteiger partial charge in [-0.05, 0) is 18.5 Å². The van der Waals surface area contributed by atoms with Crippen LogP contribution in [0.15, 0.2) is 12.3 Å². The van der Waals surface area contributed by atoms with Gasteiger partial charge in [0.25, 0.3) is 0 Å². The lowest BCUT2D eigenvalue weighted by Crippen LogP contribution is -2.22. The summed E-state index contributed by atoms with van der Waals surface area (Å²) in [6.45, 7) is 10.3. The van der Waals surface area contributed by atoms with Gasteiger partial charge in [0.05, 0.1) is 11.9 Å². The molecule has 124 valence electrons. The van der Waals surface area contributed by atoms with E-state index in [2.05, 4.69) is 31.5 Å². The minimum atomic E-state index is -1.10. The predicted molar refractivity (Wildman–Crippen MR) is 91.6 cm³/mol. The highest BCUT2D eigenvalue weighted by Gasteiger charge is 2.13. The summed E-state index contributed by atoms with van der Waals surface area (Å²) in [5, 5.41) is 8.77. The van der Waals surface area contributed by atoms with E-state index >= 15 is 0 Å². The summed E-state index contributed by atoms with van der Waals surface area (Å²) >= 11 is 0. The Hall–Kier alpha value is -1.40. The zero-order chi connectivity index (χ0) is 16.6. The maximum atomic E-state index is 10.7. The predicted octanol–water partition coefficient (Wildman–Crippen LogP) is 3.64. The molecule has 0 spiro atoms. The fraction of sp³-hybridized carbons (Fsp3) is 0.625. The Morgan fingerprint density at radius 1 is 1.45 bits per heavy atom. The van der Waals surface area contributed by atoms with Crippen molar-refractivity contribution in [3.63, 3.8) is 0 Å². The van der Waals surface area contributed by atoms with Crippen molar-refractivity contribution in [1.82, 2.24) is 9.55 Å². The van der Waals surface area contributed by atoms with Crippen molar-refractivity contribution >= 4 is 20.1 Å². The van der Waals surface area contributed by atoms with Crippen molar-refractivity contribution in [2.75, 3.05) is 6.61 Å². The number of unbranched alkanes of at least 4 members (excludes halogenated alkanes) is 1. The maximum Gasteiger partial charge on any atom is 0.328 e. The maximum absolute atomic E-state index is 10.7. The van der Waals surface area contributed by atoms with Crippen LogP contribution in [0.2, 0.25) is 25.7 Å². The second-order valence-corrected chi connectivity index (χ2v) is 12.3. The number of hydrogen-bond donors (Lipinski definition) is 1. The van der Waals surface area contributed by atoms with Crippen LogP contribution in [0.3, 0.4) is 0 Å².